The standard InChI is InChI=1S/C20H17O2.2ClH.Zr/c21-11-12-22-19-13-15-6-2-4-8-17(15)20(19)18-10-9-14-5-1-3-7-16(14)18;;;/h1-10,13,20-21H,11-12H2;2*1H;/q-1;;;+3/p-2. The second-order valence-electron chi connectivity index (χ2n) is 5.56. The number of halogens is 2. The van der Waals surface area contributed by atoms with Gasteiger partial charge in [0, 0.05) is 5.92 Å². The summed E-state index contributed by atoms with van der Waals surface area (Å²) in [6, 6.07) is 21.2. The van der Waals surface area contributed by atoms with E-state index in [0.717, 1.165) is 5.76 Å². The van der Waals surface area contributed by atoms with Crippen molar-refractivity contribution in [3.63, 3.8) is 0 Å². The number of hydrogen-bond acceptors (Lipinski definition) is 2. The van der Waals surface area contributed by atoms with E-state index in [1.54, 1.807) is 0 Å². The number of rotatable bonds is 4. The molecule has 25 heavy (non-hydrogen) atoms. The Morgan fingerprint density at radius 1 is 0.960 bits per heavy atom. The summed E-state index contributed by atoms with van der Waals surface area (Å²) >= 11 is 0. The minimum absolute atomic E-state index is 0. The molecule has 0 heterocycles. The molecule has 127 valence electrons. The average Bonchev–Trinajstić information content (AvgIpc) is 3.13. The molecule has 0 saturated carbocycles. The van der Waals surface area contributed by atoms with Gasteiger partial charge >= 0.3 is 26.2 Å². The van der Waals surface area contributed by atoms with Crippen LogP contribution < -0.4 is 24.8 Å². The molecule has 0 bridgehead atoms. The summed E-state index contributed by atoms with van der Waals surface area (Å²) in [6.07, 6.45) is 2.09. The molecule has 0 aliphatic heterocycles. The van der Waals surface area contributed by atoms with Crippen molar-refractivity contribution >= 4 is 16.8 Å². The smallest absolute Gasteiger partial charge is 1.00 e. The van der Waals surface area contributed by atoms with E-state index in [1.807, 2.05) is 6.07 Å². The molecule has 0 spiro atoms. The normalized spacial score (nSPS) is 14.6. The molecule has 2 nitrogen and oxygen atoms in total. The molecular weight excluding hydrogens is 434 g/mol. The Kier molecular flexibility index (Phi) is 8.50. The van der Waals surface area contributed by atoms with E-state index >= 15 is 0 Å². The van der Waals surface area contributed by atoms with Crippen LogP contribution in [0.25, 0.3) is 16.8 Å². The summed E-state index contributed by atoms with van der Waals surface area (Å²) in [5.41, 5.74) is 3.74. The van der Waals surface area contributed by atoms with E-state index in [4.69, 9.17) is 9.84 Å². The fourth-order valence-corrected chi connectivity index (χ4v) is 3.33. The molecular formula is C20H17Cl2O2Zr. The Hall–Kier alpha value is -0.987. The van der Waals surface area contributed by atoms with Crippen molar-refractivity contribution in [2.75, 3.05) is 13.2 Å². The Balaban J connectivity index is 0.00000104. The van der Waals surface area contributed by atoms with Crippen LogP contribution in [-0.4, -0.2) is 18.3 Å². The molecule has 1 aliphatic rings. The predicted molar refractivity (Wildman–Crippen MR) is 88.8 cm³/mol. The summed E-state index contributed by atoms with van der Waals surface area (Å²) in [7, 11) is 0. The maximum Gasteiger partial charge on any atom is 3.00 e. The first kappa shape index (κ1) is 22.1. The number of aliphatic hydroxyl groups is 1. The number of benzene rings is 2. The summed E-state index contributed by atoms with van der Waals surface area (Å²) in [6.45, 7) is 0.358. The molecule has 0 saturated heterocycles. The van der Waals surface area contributed by atoms with Crippen LogP contribution in [0.15, 0.2) is 66.4 Å². The molecule has 1 unspecified atom stereocenters. The van der Waals surface area contributed by atoms with Crippen LogP contribution in [0.1, 0.15) is 22.6 Å². The van der Waals surface area contributed by atoms with Crippen LogP contribution in [0.5, 0.6) is 0 Å². The van der Waals surface area contributed by atoms with Gasteiger partial charge in [-0.15, -0.1) is 46.7 Å². The maximum absolute atomic E-state index is 9.08. The molecule has 1 N–H and O–H groups in total. The molecule has 3 aromatic carbocycles. The van der Waals surface area contributed by atoms with E-state index in [9.17, 15) is 0 Å². The number of fused-ring (bicyclic) bond motifs is 2. The molecule has 0 aromatic heterocycles. The summed E-state index contributed by atoms with van der Waals surface area (Å²) in [4.78, 5) is 0. The zero-order chi connectivity index (χ0) is 14.9. The summed E-state index contributed by atoms with van der Waals surface area (Å²) in [5, 5.41) is 11.6. The molecule has 4 rings (SSSR count). The third kappa shape index (κ3) is 4.06. The van der Waals surface area contributed by atoms with Crippen LogP contribution in [0, 0.1) is 0 Å². The fourth-order valence-electron chi connectivity index (χ4n) is 3.33. The van der Waals surface area contributed by atoms with Gasteiger partial charge < -0.3 is 34.7 Å². The van der Waals surface area contributed by atoms with Gasteiger partial charge in [-0.2, -0.15) is 0 Å². The van der Waals surface area contributed by atoms with Gasteiger partial charge in [0.1, 0.15) is 6.61 Å². The Bertz CT molecular complexity index is 858. The minimum Gasteiger partial charge on any atom is -1.00 e. The second-order valence-corrected chi connectivity index (χ2v) is 5.56. The molecule has 1 aliphatic carbocycles. The Morgan fingerprint density at radius 3 is 2.48 bits per heavy atom. The van der Waals surface area contributed by atoms with Crippen molar-refractivity contribution in [2.45, 2.75) is 5.92 Å². The molecule has 0 amide bonds. The van der Waals surface area contributed by atoms with E-state index in [2.05, 4.69) is 60.7 Å². The van der Waals surface area contributed by atoms with Gasteiger partial charge in [0.05, 0.1) is 12.4 Å². The average molecular weight is 451 g/mol. The fraction of sp³-hybridized carbons (Fsp3) is 0.150. The predicted octanol–water partition coefficient (Wildman–Crippen LogP) is -1.94. The van der Waals surface area contributed by atoms with Crippen molar-refractivity contribution in [3.05, 3.63) is 83.1 Å². The van der Waals surface area contributed by atoms with Crippen molar-refractivity contribution in [2.24, 2.45) is 0 Å². The third-order valence-corrected chi connectivity index (χ3v) is 4.27. The van der Waals surface area contributed by atoms with E-state index < -0.39 is 0 Å². The topological polar surface area (TPSA) is 29.5 Å². The van der Waals surface area contributed by atoms with Gasteiger partial charge in [-0.05, 0) is 17.2 Å². The van der Waals surface area contributed by atoms with Crippen LogP contribution in [-0.2, 0) is 30.9 Å². The summed E-state index contributed by atoms with van der Waals surface area (Å²) < 4.78 is 5.83. The first-order chi connectivity index (χ1) is 10.9. The summed E-state index contributed by atoms with van der Waals surface area (Å²) in [5.74, 6) is 1.04. The zero-order valence-corrected chi connectivity index (χ0v) is 17.4. The molecule has 1 radical (unpaired) electrons. The number of aliphatic hydroxyl groups excluding tert-OH is 1. The van der Waals surface area contributed by atoms with Gasteiger partial charge in [0.2, 0.25) is 0 Å². The van der Waals surface area contributed by atoms with Crippen LogP contribution in [0.2, 0.25) is 0 Å². The van der Waals surface area contributed by atoms with E-state index in [0.29, 0.717) is 6.61 Å². The molecule has 5 heteroatoms. The van der Waals surface area contributed by atoms with Crippen molar-refractivity contribution < 1.29 is 60.9 Å². The molecule has 1 atom stereocenters. The number of ether oxygens (including phenoxy) is 1. The van der Waals surface area contributed by atoms with Gasteiger partial charge in [-0.25, -0.2) is 0 Å². The largest absolute Gasteiger partial charge is 3.00 e. The Morgan fingerprint density at radius 2 is 1.68 bits per heavy atom. The van der Waals surface area contributed by atoms with Crippen molar-refractivity contribution in [1.29, 1.82) is 0 Å². The van der Waals surface area contributed by atoms with E-state index in [-0.39, 0.29) is 63.5 Å². The van der Waals surface area contributed by atoms with Gasteiger partial charge in [0.25, 0.3) is 0 Å². The van der Waals surface area contributed by atoms with Crippen LogP contribution >= 0.6 is 0 Å². The molecule has 3 aromatic rings. The maximum atomic E-state index is 9.08. The molecule has 0 fully saturated rings. The van der Waals surface area contributed by atoms with Gasteiger partial charge in [-0.3, -0.25) is 0 Å². The number of allylic oxidation sites excluding steroid dienone is 1. The second kappa shape index (κ2) is 9.64. The van der Waals surface area contributed by atoms with Gasteiger partial charge in [0.15, 0.2) is 0 Å². The van der Waals surface area contributed by atoms with E-state index in [1.165, 1.54) is 27.5 Å². The zero-order valence-electron chi connectivity index (χ0n) is 13.5. The number of hydrogen-bond donors (Lipinski definition) is 1. The van der Waals surface area contributed by atoms with Crippen LogP contribution in [0.3, 0.4) is 0 Å². The monoisotopic (exact) mass is 449 g/mol. The van der Waals surface area contributed by atoms with Crippen LogP contribution in [0.4, 0.5) is 0 Å². The first-order valence-corrected chi connectivity index (χ1v) is 7.57. The SMILES string of the molecule is OCCOC1=Cc2ccccc2C1c1c[cH-]c2ccccc12.[Cl-].[Cl-].[Zr+3]. The van der Waals surface area contributed by atoms with Gasteiger partial charge in [-0.1, -0.05) is 30.3 Å². The minimum atomic E-state index is 0. The van der Waals surface area contributed by atoms with Crippen molar-refractivity contribution in [1.82, 2.24) is 0 Å². The quantitative estimate of drug-likeness (QED) is 0.468. The van der Waals surface area contributed by atoms with Crippen molar-refractivity contribution in [3.8, 4) is 0 Å². The Labute approximate surface area is 179 Å². The third-order valence-electron chi connectivity index (χ3n) is 4.27. The first-order valence-electron chi connectivity index (χ1n) is 7.57.